The standard InChI is InChI=1S/C18H29NO3S/c1-8-4-12(10(3)13-5-9(2)23-18(8)13)17(22)16-14(20)6-11(19)7-15(16)21/h8-14,16,18,20H,4-7,19H2,1-3H3. The second-order valence-corrected chi connectivity index (χ2v) is 9.72. The van der Waals surface area contributed by atoms with Crippen LogP contribution in [0.3, 0.4) is 0 Å². The highest BCUT2D eigenvalue weighted by molar-refractivity contribution is 8.00. The van der Waals surface area contributed by atoms with E-state index < -0.39 is 12.0 Å². The van der Waals surface area contributed by atoms with Crippen LogP contribution >= 0.6 is 11.8 Å². The second-order valence-electron chi connectivity index (χ2n) is 8.10. The van der Waals surface area contributed by atoms with E-state index in [2.05, 4.69) is 32.5 Å². The van der Waals surface area contributed by atoms with Crippen LogP contribution in [0.15, 0.2) is 0 Å². The van der Waals surface area contributed by atoms with Crippen LogP contribution in [0.5, 0.6) is 0 Å². The van der Waals surface area contributed by atoms with E-state index in [1.165, 1.54) is 0 Å². The van der Waals surface area contributed by atoms with E-state index >= 15 is 0 Å². The molecule has 0 spiro atoms. The smallest absolute Gasteiger partial charge is 0.149 e. The summed E-state index contributed by atoms with van der Waals surface area (Å²) in [5, 5.41) is 11.6. The predicted molar refractivity (Wildman–Crippen MR) is 92.1 cm³/mol. The van der Waals surface area contributed by atoms with Crippen molar-refractivity contribution in [3.63, 3.8) is 0 Å². The van der Waals surface area contributed by atoms with Crippen molar-refractivity contribution in [2.24, 2.45) is 35.3 Å². The van der Waals surface area contributed by atoms with Crippen LogP contribution in [0.2, 0.25) is 0 Å². The maximum absolute atomic E-state index is 13.1. The van der Waals surface area contributed by atoms with E-state index in [0.717, 1.165) is 12.8 Å². The van der Waals surface area contributed by atoms with Gasteiger partial charge in [-0.1, -0.05) is 20.8 Å². The summed E-state index contributed by atoms with van der Waals surface area (Å²) in [5.74, 6) is 0.266. The van der Waals surface area contributed by atoms with E-state index in [4.69, 9.17) is 5.73 Å². The van der Waals surface area contributed by atoms with Gasteiger partial charge in [0.15, 0.2) is 0 Å². The fourth-order valence-corrected chi connectivity index (χ4v) is 6.95. The molecule has 1 saturated heterocycles. The molecule has 2 saturated carbocycles. The number of thioether (sulfide) groups is 1. The molecular weight excluding hydrogens is 310 g/mol. The minimum Gasteiger partial charge on any atom is -0.392 e. The molecule has 0 amide bonds. The lowest BCUT2D eigenvalue weighted by atomic mass is 9.63. The summed E-state index contributed by atoms with van der Waals surface area (Å²) >= 11 is 2.07. The molecule has 3 rings (SSSR count). The average Bonchev–Trinajstić information content (AvgIpc) is 2.84. The van der Waals surface area contributed by atoms with Gasteiger partial charge in [-0.15, -0.1) is 0 Å². The molecule has 5 heteroatoms. The molecule has 1 heterocycles. The van der Waals surface area contributed by atoms with Crippen LogP contribution in [0.4, 0.5) is 0 Å². The first-order valence-corrected chi connectivity index (χ1v) is 9.89. The van der Waals surface area contributed by atoms with Crippen LogP contribution in [-0.2, 0) is 9.59 Å². The van der Waals surface area contributed by atoms with Crippen LogP contribution in [0.1, 0.15) is 46.5 Å². The zero-order valence-corrected chi connectivity index (χ0v) is 15.1. The van der Waals surface area contributed by atoms with E-state index in [1.807, 2.05) is 0 Å². The number of carbonyl (C=O) groups is 2. The molecule has 130 valence electrons. The fraction of sp³-hybridized carbons (Fsp3) is 0.889. The molecule has 4 nitrogen and oxygen atoms in total. The van der Waals surface area contributed by atoms with Gasteiger partial charge in [0.05, 0.1) is 6.10 Å². The van der Waals surface area contributed by atoms with Crippen molar-refractivity contribution in [1.82, 2.24) is 0 Å². The number of hydrogen-bond acceptors (Lipinski definition) is 5. The summed E-state index contributed by atoms with van der Waals surface area (Å²) in [6, 6.07) is -0.305. The van der Waals surface area contributed by atoms with Crippen molar-refractivity contribution in [1.29, 1.82) is 0 Å². The summed E-state index contributed by atoms with van der Waals surface area (Å²) in [6.45, 7) is 6.69. The normalized spacial score (nSPS) is 50.7. The van der Waals surface area contributed by atoms with E-state index in [-0.39, 0.29) is 29.9 Å². The summed E-state index contributed by atoms with van der Waals surface area (Å²) in [4.78, 5) is 25.4. The monoisotopic (exact) mass is 339 g/mol. The Kier molecular flexibility index (Phi) is 4.92. The quantitative estimate of drug-likeness (QED) is 0.753. The first kappa shape index (κ1) is 17.4. The third-order valence-corrected chi connectivity index (χ3v) is 8.11. The van der Waals surface area contributed by atoms with Crippen LogP contribution < -0.4 is 5.73 Å². The van der Waals surface area contributed by atoms with Gasteiger partial charge >= 0.3 is 0 Å². The van der Waals surface area contributed by atoms with E-state index in [0.29, 0.717) is 34.7 Å². The van der Waals surface area contributed by atoms with E-state index in [1.54, 1.807) is 0 Å². The third kappa shape index (κ3) is 3.12. The highest BCUT2D eigenvalue weighted by Gasteiger charge is 2.51. The Labute approximate surface area is 143 Å². The minimum atomic E-state index is -0.893. The van der Waals surface area contributed by atoms with Crippen molar-refractivity contribution in [3.05, 3.63) is 0 Å². The van der Waals surface area contributed by atoms with Gasteiger partial charge in [0.1, 0.15) is 17.5 Å². The molecule has 2 aliphatic carbocycles. The van der Waals surface area contributed by atoms with Gasteiger partial charge in [0.25, 0.3) is 0 Å². The molecule has 0 aromatic heterocycles. The van der Waals surface area contributed by atoms with Gasteiger partial charge in [0.2, 0.25) is 0 Å². The fourth-order valence-electron chi connectivity index (χ4n) is 5.14. The molecule has 9 unspecified atom stereocenters. The lowest BCUT2D eigenvalue weighted by Gasteiger charge is -2.43. The Bertz CT molecular complexity index is 497. The molecule has 0 aromatic carbocycles. The maximum Gasteiger partial charge on any atom is 0.149 e. The molecule has 9 atom stereocenters. The summed E-state index contributed by atoms with van der Waals surface area (Å²) in [6.07, 6.45) is 1.71. The minimum absolute atomic E-state index is 0.0169. The topological polar surface area (TPSA) is 80.4 Å². The van der Waals surface area contributed by atoms with Crippen LogP contribution in [0.25, 0.3) is 0 Å². The van der Waals surface area contributed by atoms with Crippen molar-refractivity contribution in [3.8, 4) is 0 Å². The average molecular weight is 340 g/mol. The zero-order chi connectivity index (χ0) is 16.9. The van der Waals surface area contributed by atoms with E-state index in [9.17, 15) is 14.7 Å². The lowest BCUT2D eigenvalue weighted by Crippen LogP contribution is -2.51. The van der Waals surface area contributed by atoms with Gasteiger partial charge in [-0.25, -0.2) is 0 Å². The molecule has 0 radical (unpaired) electrons. The SMILES string of the molecule is CC1CC2C(C)C(C(=O)C3C(=O)CC(N)CC3O)CC(C)C2S1. The highest BCUT2D eigenvalue weighted by atomic mass is 32.2. The lowest BCUT2D eigenvalue weighted by molar-refractivity contribution is -0.145. The Balaban J connectivity index is 1.78. The van der Waals surface area contributed by atoms with Crippen molar-refractivity contribution >= 4 is 23.3 Å². The highest BCUT2D eigenvalue weighted by Crippen LogP contribution is 2.53. The molecule has 3 aliphatic rings. The number of fused-ring (bicyclic) bond motifs is 1. The number of aliphatic hydroxyl groups excluding tert-OH is 1. The molecule has 0 aromatic rings. The summed E-state index contributed by atoms with van der Waals surface area (Å²) in [7, 11) is 0. The molecule has 0 bridgehead atoms. The zero-order valence-electron chi connectivity index (χ0n) is 14.3. The first-order chi connectivity index (χ1) is 10.8. The van der Waals surface area contributed by atoms with Crippen LogP contribution in [-0.4, -0.2) is 39.3 Å². The number of hydrogen-bond donors (Lipinski definition) is 2. The Morgan fingerprint density at radius 3 is 2.57 bits per heavy atom. The number of ketones is 2. The third-order valence-electron chi connectivity index (χ3n) is 6.32. The Morgan fingerprint density at radius 2 is 1.91 bits per heavy atom. The van der Waals surface area contributed by atoms with Gasteiger partial charge in [-0.3, -0.25) is 9.59 Å². The molecule has 1 aliphatic heterocycles. The Hall–Kier alpha value is -0.390. The van der Waals surface area contributed by atoms with Crippen molar-refractivity contribution in [2.75, 3.05) is 0 Å². The predicted octanol–water partition coefficient (Wildman–Crippen LogP) is 2.03. The van der Waals surface area contributed by atoms with Gasteiger partial charge in [-0.05, 0) is 37.0 Å². The van der Waals surface area contributed by atoms with Crippen molar-refractivity contribution < 1.29 is 14.7 Å². The summed E-state index contributed by atoms with van der Waals surface area (Å²) < 4.78 is 0. The number of rotatable bonds is 2. The number of nitrogens with two attached hydrogens (primary N) is 1. The number of aliphatic hydroxyl groups is 1. The molecular formula is C18H29NO3S. The summed E-state index contributed by atoms with van der Waals surface area (Å²) in [5.41, 5.74) is 5.80. The molecule has 23 heavy (non-hydrogen) atoms. The van der Waals surface area contributed by atoms with Crippen molar-refractivity contribution in [2.45, 2.75) is 69.1 Å². The Morgan fingerprint density at radius 1 is 1.22 bits per heavy atom. The maximum atomic E-state index is 13.1. The number of carbonyl (C=O) groups excluding carboxylic acids is 2. The second kappa shape index (κ2) is 6.49. The van der Waals surface area contributed by atoms with Gasteiger partial charge in [-0.2, -0.15) is 11.8 Å². The van der Waals surface area contributed by atoms with Gasteiger partial charge < -0.3 is 10.8 Å². The van der Waals surface area contributed by atoms with Crippen LogP contribution in [0, 0.1) is 29.6 Å². The molecule has 3 N–H and O–H groups in total. The first-order valence-electron chi connectivity index (χ1n) is 8.95. The van der Waals surface area contributed by atoms with Gasteiger partial charge in [0, 0.05) is 28.9 Å². The molecule has 3 fully saturated rings. The number of Topliss-reactive ketones (excluding diaryl/α,β-unsaturated/α-hetero) is 2. The largest absolute Gasteiger partial charge is 0.392 e.